The van der Waals surface area contributed by atoms with Crippen LogP contribution in [0.25, 0.3) is 0 Å². The summed E-state index contributed by atoms with van der Waals surface area (Å²) in [5, 5.41) is 0.702. The Morgan fingerprint density at radius 2 is 1.81 bits per heavy atom. The van der Waals surface area contributed by atoms with E-state index >= 15 is 0 Å². The molecule has 136 valence electrons. The first-order valence-corrected chi connectivity index (χ1v) is 9.14. The van der Waals surface area contributed by atoms with Gasteiger partial charge in [-0.3, -0.25) is 4.79 Å². The number of nitrogens with zero attached hydrogens (tertiary/aromatic N) is 1. The highest BCUT2D eigenvalue weighted by Crippen LogP contribution is 2.33. The minimum atomic E-state index is 0.0420. The molecule has 1 fully saturated rings. The maximum Gasteiger partial charge on any atom is 0.253 e. The maximum atomic E-state index is 12.7. The minimum absolute atomic E-state index is 0.0420. The highest BCUT2D eigenvalue weighted by atomic mass is 35.5. The molecule has 6 heteroatoms. The van der Waals surface area contributed by atoms with Gasteiger partial charge >= 0.3 is 0 Å². The molecule has 0 radical (unpaired) electrons. The van der Waals surface area contributed by atoms with Crippen molar-refractivity contribution in [3.63, 3.8) is 0 Å². The van der Waals surface area contributed by atoms with Crippen LogP contribution in [0.1, 0.15) is 23.2 Å². The summed E-state index contributed by atoms with van der Waals surface area (Å²) in [5.74, 6) is 2.65. The van der Waals surface area contributed by atoms with E-state index in [1.807, 2.05) is 29.2 Å². The Kier molecular flexibility index (Phi) is 4.89. The largest absolute Gasteiger partial charge is 0.493 e. The van der Waals surface area contributed by atoms with E-state index in [0.717, 1.165) is 31.7 Å². The van der Waals surface area contributed by atoms with Crippen LogP contribution in [0.5, 0.6) is 17.2 Å². The second-order valence-electron chi connectivity index (χ2n) is 6.57. The van der Waals surface area contributed by atoms with Crippen molar-refractivity contribution in [1.29, 1.82) is 0 Å². The lowest BCUT2D eigenvalue weighted by atomic mass is 9.97. The molecular weight excluding hydrogens is 354 g/mol. The van der Waals surface area contributed by atoms with Crippen LogP contribution >= 0.6 is 11.6 Å². The minimum Gasteiger partial charge on any atom is -0.493 e. The summed E-state index contributed by atoms with van der Waals surface area (Å²) in [6, 6.07) is 12.8. The van der Waals surface area contributed by atoms with E-state index in [4.69, 9.17) is 25.8 Å². The van der Waals surface area contributed by atoms with Gasteiger partial charge in [0.1, 0.15) is 5.75 Å². The number of fused-ring (bicyclic) bond motifs is 1. The van der Waals surface area contributed by atoms with E-state index < -0.39 is 0 Å². The molecule has 0 aliphatic carbocycles. The number of piperidine rings is 1. The normalized spacial score (nSPS) is 16.6. The van der Waals surface area contributed by atoms with Gasteiger partial charge in [-0.2, -0.15) is 0 Å². The molecule has 2 aromatic rings. The Hall–Kier alpha value is -2.40. The van der Waals surface area contributed by atoms with Crippen molar-refractivity contribution in [3.05, 3.63) is 53.1 Å². The third kappa shape index (κ3) is 3.73. The molecule has 1 amide bonds. The summed E-state index contributed by atoms with van der Waals surface area (Å²) < 4.78 is 16.5. The number of likely N-dealkylation sites (tertiary alicyclic amines) is 1. The number of carbonyl (C=O) groups excluding carboxylic acids is 1. The molecule has 5 nitrogen and oxygen atoms in total. The van der Waals surface area contributed by atoms with Crippen LogP contribution in [0, 0.1) is 5.92 Å². The van der Waals surface area contributed by atoms with Crippen molar-refractivity contribution in [2.45, 2.75) is 12.8 Å². The number of amides is 1. The second kappa shape index (κ2) is 7.46. The van der Waals surface area contributed by atoms with Crippen molar-refractivity contribution in [2.75, 3.05) is 26.5 Å². The third-order valence-electron chi connectivity index (χ3n) is 4.82. The fourth-order valence-electron chi connectivity index (χ4n) is 3.26. The summed E-state index contributed by atoms with van der Waals surface area (Å²) in [6.07, 6.45) is 1.87. The van der Waals surface area contributed by atoms with Crippen LogP contribution in [0.2, 0.25) is 5.02 Å². The smallest absolute Gasteiger partial charge is 0.253 e. The predicted molar refractivity (Wildman–Crippen MR) is 98.1 cm³/mol. The first-order valence-electron chi connectivity index (χ1n) is 8.76. The monoisotopic (exact) mass is 373 g/mol. The van der Waals surface area contributed by atoms with Gasteiger partial charge in [0, 0.05) is 23.7 Å². The molecule has 0 atom stereocenters. The van der Waals surface area contributed by atoms with Crippen molar-refractivity contribution < 1.29 is 19.0 Å². The molecule has 0 aromatic heterocycles. The van der Waals surface area contributed by atoms with E-state index in [-0.39, 0.29) is 12.7 Å². The molecular formula is C20H20ClNO4. The quantitative estimate of drug-likeness (QED) is 0.812. The first-order chi connectivity index (χ1) is 12.7. The summed E-state index contributed by atoms with van der Waals surface area (Å²) in [6.45, 7) is 2.35. The maximum absolute atomic E-state index is 12.7. The van der Waals surface area contributed by atoms with Crippen LogP contribution in [-0.4, -0.2) is 37.3 Å². The van der Waals surface area contributed by atoms with Crippen LogP contribution in [0.3, 0.4) is 0 Å². The van der Waals surface area contributed by atoms with Gasteiger partial charge in [-0.1, -0.05) is 11.6 Å². The average molecular weight is 374 g/mol. The van der Waals surface area contributed by atoms with Gasteiger partial charge in [0.2, 0.25) is 6.79 Å². The Labute approximate surface area is 157 Å². The van der Waals surface area contributed by atoms with E-state index in [1.54, 1.807) is 18.2 Å². The summed E-state index contributed by atoms with van der Waals surface area (Å²) in [4.78, 5) is 14.6. The van der Waals surface area contributed by atoms with Gasteiger partial charge in [0.25, 0.3) is 5.91 Å². The van der Waals surface area contributed by atoms with E-state index in [0.29, 0.717) is 34.6 Å². The number of carbonyl (C=O) groups is 1. The van der Waals surface area contributed by atoms with Crippen molar-refractivity contribution >= 4 is 17.5 Å². The molecule has 0 bridgehead atoms. The Morgan fingerprint density at radius 1 is 1.08 bits per heavy atom. The van der Waals surface area contributed by atoms with E-state index in [9.17, 15) is 4.79 Å². The second-order valence-corrected chi connectivity index (χ2v) is 7.00. The van der Waals surface area contributed by atoms with Crippen molar-refractivity contribution in [1.82, 2.24) is 4.90 Å². The third-order valence-corrected chi connectivity index (χ3v) is 5.07. The summed E-state index contributed by atoms with van der Waals surface area (Å²) in [5.41, 5.74) is 0.644. The molecule has 4 rings (SSSR count). The standard InChI is InChI=1S/C20H20ClNO4/c21-16-2-4-17(5-3-16)24-12-14-7-9-22(10-8-14)20(23)15-1-6-18-19(11-15)26-13-25-18/h1-6,11,14H,7-10,12-13H2. The highest BCUT2D eigenvalue weighted by Gasteiger charge is 2.25. The van der Waals surface area contributed by atoms with Gasteiger partial charge in [0.05, 0.1) is 6.61 Å². The molecule has 1 saturated heterocycles. The Bertz CT molecular complexity index is 785. The zero-order valence-corrected chi connectivity index (χ0v) is 15.1. The van der Waals surface area contributed by atoms with Crippen LogP contribution in [0.4, 0.5) is 0 Å². The number of rotatable bonds is 4. The van der Waals surface area contributed by atoms with Crippen molar-refractivity contribution in [2.24, 2.45) is 5.92 Å². The average Bonchev–Trinajstić information content (AvgIpc) is 3.15. The number of hydrogen-bond donors (Lipinski definition) is 0. The predicted octanol–water partition coefficient (Wildman–Crippen LogP) is 4.00. The van der Waals surface area contributed by atoms with Gasteiger partial charge < -0.3 is 19.1 Å². The van der Waals surface area contributed by atoms with Gasteiger partial charge in [-0.25, -0.2) is 0 Å². The number of halogens is 1. The molecule has 0 unspecified atom stereocenters. The summed E-state index contributed by atoms with van der Waals surface area (Å²) >= 11 is 5.88. The number of ether oxygens (including phenoxy) is 3. The topological polar surface area (TPSA) is 48.0 Å². The van der Waals surface area contributed by atoms with Gasteiger partial charge in [-0.05, 0) is 61.2 Å². The molecule has 2 aromatic carbocycles. The fourth-order valence-corrected chi connectivity index (χ4v) is 3.39. The lowest BCUT2D eigenvalue weighted by Crippen LogP contribution is -2.39. The molecule has 2 heterocycles. The van der Waals surface area contributed by atoms with Crippen molar-refractivity contribution in [3.8, 4) is 17.2 Å². The molecule has 0 saturated carbocycles. The van der Waals surface area contributed by atoms with Gasteiger partial charge in [-0.15, -0.1) is 0 Å². The van der Waals surface area contributed by atoms with Crippen LogP contribution < -0.4 is 14.2 Å². The zero-order chi connectivity index (χ0) is 17.9. The van der Waals surface area contributed by atoms with Crippen LogP contribution in [-0.2, 0) is 0 Å². The Morgan fingerprint density at radius 3 is 2.58 bits per heavy atom. The molecule has 2 aliphatic heterocycles. The number of benzene rings is 2. The van der Waals surface area contributed by atoms with Crippen LogP contribution in [0.15, 0.2) is 42.5 Å². The van der Waals surface area contributed by atoms with Gasteiger partial charge in [0.15, 0.2) is 11.5 Å². The van der Waals surface area contributed by atoms with E-state index in [2.05, 4.69) is 0 Å². The SMILES string of the molecule is O=C(c1ccc2c(c1)OCO2)N1CCC(COc2ccc(Cl)cc2)CC1. The fraction of sp³-hybridized carbons (Fsp3) is 0.350. The molecule has 0 spiro atoms. The van der Waals surface area contributed by atoms with E-state index in [1.165, 1.54) is 0 Å². The number of hydrogen-bond acceptors (Lipinski definition) is 4. The summed E-state index contributed by atoms with van der Waals surface area (Å²) in [7, 11) is 0. The molecule has 26 heavy (non-hydrogen) atoms. The highest BCUT2D eigenvalue weighted by molar-refractivity contribution is 6.30. The molecule has 2 aliphatic rings. The Balaban J connectivity index is 1.29. The molecule has 0 N–H and O–H groups in total. The zero-order valence-electron chi connectivity index (χ0n) is 14.3. The lowest BCUT2D eigenvalue weighted by Gasteiger charge is -2.32. The lowest BCUT2D eigenvalue weighted by molar-refractivity contribution is 0.0660. The first kappa shape index (κ1) is 17.0.